The van der Waals surface area contributed by atoms with E-state index in [0.717, 1.165) is 0 Å². The Balaban J connectivity index is 1.73. The van der Waals surface area contributed by atoms with Crippen LogP contribution in [0.1, 0.15) is 20.2 Å². The van der Waals surface area contributed by atoms with Crippen LogP contribution in [0.25, 0.3) is 10.9 Å². The van der Waals surface area contributed by atoms with Crippen LogP contribution < -0.4 is 20.1 Å². The first kappa shape index (κ1) is 11.4. The van der Waals surface area contributed by atoms with Gasteiger partial charge in [-0.2, -0.15) is 4.98 Å². The Labute approximate surface area is 171 Å². The van der Waals surface area contributed by atoms with Crippen LogP contribution in [0.5, 0.6) is 11.5 Å². The number of hydrogen-bond donors (Lipinski definition) is 1. The molecule has 1 amide bonds. The van der Waals surface area contributed by atoms with Crippen LogP contribution in [-0.4, -0.2) is 61.1 Å². The number of carbonyl (C=O) groups excluding carboxylic acids is 1. The van der Waals surface area contributed by atoms with E-state index in [9.17, 15) is 4.79 Å². The maximum Gasteiger partial charge on any atom is 0.289 e. The van der Waals surface area contributed by atoms with Gasteiger partial charge in [-0.3, -0.25) is 4.79 Å². The molecule has 3 aromatic rings. The fraction of sp³-hybridized carbons (Fsp3) is 0.316. The number of methoxy groups -OCH3 is 2. The molecule has 146 valence electrons. The molecule has 9 nitrogen and oxygen atoms in total. The fourth-order valence-electron chi connectivity index (χ4n) is 2.70. The number of nitrogens with two attached hydrogens (primary N) is 1. The standard InChI is InChI=1S/C19H21N5O4/c1-26-15-10-12-13(11-16(15)27-2)21-19(22-17(12)20)24-7-5-23(6-8-24)18(25)14-4-3-9-28-14/h3-4,9-11H,5-8H2,1-2H3,(H2,20,21,22)/i3D,4D,5D2,6D2,9D. The van der Waals surface area contributed by atoms with Gasteiger partial charge in [-0.1, -0.05) is 0 Å². The average molecular weight is 390 g/mol. The van der Waals surface area contributed by atoms with Crippen molar-refractivity contribution in [2.24, 2.45) is 0 Å². The lowest BCUT2D eigenvalue weighted by molar-refractivity contribution is 0.0714. The first-order valence-electron chi connectivity index (χ1n) is 11.7. The molecule has 0 radical (unpaired) electrons. The lowest BCUT2D eigenvalue weighted by Crippen LogP contribution is -2.49. The highest BCUT2D eigenvalue weighted by Gasteiger charge is 2.25. The van der Waals surface area contributed by atoms with Gasteiger partial charge in [0.1, 0.15) is 7.19 Å². The van der Waals surface area contributed by atoms with E-state index < -0.39 is 56.1 Å². The first-order valence-corrected chi connectivity index (χ1v) is 8.16. The predicted octanol–water partition coefficient (Wildman–Crippen LogP) is 1.78. The summed E-state index contributed by atoms with van der Waals surface area (Å²) >= 11 is 0. The van der Waals surface area contributed by atoms with E-state index in [1.807, 2.05) is 0 Å². The Morgan fingerprint density at radius 3 is 2.61 bits per heavy atom. The quantitative estimate of drug-likeness (QED) is 0.718. The van der Waals surface area contributed by atoms with Gasteiger partial charge in [0.25, 0.3) is 5.91 Å². The monoisotopic (exact) mass is 390 g/mol. The van der Waals surface area contributed by atoms with Crippen molar-refractivity contribution >= 4 is 28.6 Å². The highest BCUT2D eigenvalue weighted by atomic mass is 16.5. The summed E-state index contributed by atoms with van der Waals surface area (Å²) in [5.41, 5.74) is 6.46. The van der Waals surface area contributed by atoms with Gasteiger partial charge in [-0.15, -0.1) is 0 Å². The Hall–Kier alpha value is -3.49. The first-order chi connectivity index (χ1) is 16.3. The molecule has 2 aromatic heterocycles. The molecule has 0 spiro atoms. The lowest BCUT2D eigenvalue weighted by Gasteiger charge is -2.34. The minimum atomic E-state index is -2.62. The molecule has 1 fully saturated rings. The van der Waals surface area contributed by atoms with Crippen LogP contribution >= 0.6 is 0 Å². The van der Waals surface area contributed by atoms with Crippen molar-refractivity contribution in [2.45, 2.75) is 0 Å². The number of aromatic nitrogens is 2. The number of benzene rings is 1. The second-order valence-electron chi connectivity index (χ2n) is 5.73. The summed E-state index contributed by atoms with van der Waals surface area (Å²) in [6.07, 6.45) is -0.745. The zero-order valence-electron chi connectivity index (χ0n) is 22.1. The van der Waals surface area contributed by atoms with Crippen LogP contribution in [0.4, 0.5) is 11.8 Å². The van der Waals surface area contributed by atoms with Gasteiger partial charge in [-0.25, -0.2) is 4.98 Å². The molecule has 2 N–H and O–H groups in total. The minimum absolute atomic E-state index is 0.0472. The summed E-state index contributed by atoms with van der Waals surface area (Å²) in [4.78, 5) is 23.1. The number of fused-ring (bicyclic) bond motifs is 1. The largest absolute Gasteiger partial charge is 0.493 e. The summed E-state index contributed by atoms with van der Waals surface area (Å²) in [6, 6.07) is 1.78. The van der Waals surface area contributed by atoms with Crippen LogP contribution in [0, 0.1) is 0 Å². The van der Waals surface area contributed by atoms with Gasteiger partial charge >= 0.3 is 0 Å². The summed E-state index contributed by atoms with van der Waals surface area (Å²) < 4.78 is 72.0. The summed E-state index contributed by atoms with van der Waals surface area (Å²) in [5, 5.41) is 0.449. The third kappa shape index (κ3) is 3.15. The highest BCUT2D eigenvalue weighted by molar-refractivity contribution is 5.92. The number of hydrogen-bond acceptors (Lipinski definition) is 8. The number of furan rings is 1. The normalized spacial score (nSPS) is 21.6. The van der Waals surface area contributed by atoms with Crippen molar-refractivity contribution in [3.63, 3.8) is 0 Å². The average Bonchev–Trinajstić information content (AvgIpc) is 3.03. The van der Waals surface area contributed by atoms with E-state index in [2.05, 4.69) is 9.97 Å². The molecule has 0 saturated carbocycles. The number of piperazine rings is 1. The third-order valence-corrected chi connectivity index (χ3v) is 4.12. The molecule has 1 aliphatic heterocycles. The van der Waals surface area contributed by atoms with E-state index in [4.69, 9.17) is 29.2 Å². The third-order valence-electron chi connectivity index (χ3n) is 4.12. The van der Waals surface area contributed by atoms with Gasteiger partial charge in [0, 0.05) is 37.5 Å². The molecular formula is C19H21N5O4. The molecule has 0 atom stereocenters. The zero-order valence-corrected chi connectivity index (χ0v) is 15.1. The molecule has 1 aromatic carbocycles. The summed E-state index contributed by atoms with van der Waals surface area (Å²) in [5.74, 6) is -1.31. The van der Waals surface area contributed by atoms with E-state index >= 15 is 0 Å². The molecule has 1 aliphatic rings. The Bertz CT molecular complexity index is 1310. The smallest absolute Gasteiger partial charge is 0.289 e. The molecule has 3 heterocycles. The van der Waals surface area contributed by atoms with E-state index in [1.165, 1.54) is 19.1 Å². The number of rotatable bonds is 4. The molecular weight excluding hydrogens is 362 g/mol. The van der Waals surface area contributed by atoms with Gasteiger partial charge in [0.15, 0.2) is 17.3 Å². The number of nitrogens with zero attached hydrogens (tertiary/aromatic N) is 4. The predicted molar refractivity (Wildman–Crippen MR) is 104 cm³/mol. The van der Waals surface area contributed by atoms with E-state index in [1.54, 1.807) is 12.1 Å². The number of nitrogen functional groups attached to an aromatic ring is 1. The highest BCUT2D eigenvalue weighted by Crippen LogP contribution is 2.34. The molecule has 0 aliphatic carbocycles. The Morgan fingerprint density at radius 2 is 1.96 bits per heavy atom. The Kier molecular flexibility index (Phi) is 2.95. The van der Waals surface area contributed by atoms with Gasteiger partial charge in [0.2, 0.25) is 5.95 Å². The van der Waals surface area contributed by atoms with Gasteiger partial charge in [0.05, 0.1) is 34.2 Å². The van der Waals surface area contributed by atoms with Crippen molar-refractivity contribution < 1.29 is 28.3 Å². The van der Waals surface area contributed by atoms with Crippen molar-refractivity contribution in [1.29, 1.82) is 0 Å². The van der Waals surface area contributed by atoms with E-state index in [-0.39, 0.29) is 11.8 Å². The summed E-state index contributed by atoms with van der Waals surface area (Å²) in [7, 11) is 2.91. The molecule has 4 rings (SSSR count). The topological polar surface area (TPSA) is 107 Å². The van der Waals surface area contributed by atoms with Crippen molar-refractivity contribution in [1.82, 2.24) is 14.9 Å². The fourth-order valence-corrected chi connectivity index (χ4v) is 2.70. The van der Waals surface area contributed by atoms with Crippen molar-refractivity contribution in [3.05, 3.63) is 36.2 Å². The van der Waals surface area contributed by atoms with Gasteiger partial charge < -0.3 is 29.4 Å². The van der Waals surface area contributed by atoms with E-state index in [0.29, 0.717) is 27.3 Å². The van der Waals surface area contributed by atoms with Crippen LogP contribution in [0.3, 0.4) is 0 Å². The zero-order chi connectivity index (χ0) is 25.9. The van der Waals surface area contributed by atoms with Crippen molar-refractivity contribution in [2.75, 3.05) is 50.9 Å². The number of amides is 1. The van der Waals surface area contributed by atoms with Crippen LogP contribution in [0.2, 0.25) is 0 Å². The number of ether oxygens (including phenoxy) is 2. The molecule has 9 heteroatoms. The number of anilines is 2. The second kappa shape index (κ2) is 7.26. The Morgan fingerprint density at radius 1 is 1.25 bits per heavy atom. The van der Waals surface area contributed by atoms with Crippen LogP contribution in [0.15, 0.2) is 34.9 Å². The second-order valence-corrected chi connectivity index (χ2v) is 5.73. The summed E-state index contributed by atoms with van der Waals surface area (Å²) in [6.45, 7) is -6.31. The maximum atomic E-state index is 13.0. The number of carbonyl (C=O) groups is 1. The molecule has 1 saturated heterocycles. The lowest BCUT2D eigenvalue weighted by atomic mass is 10.2. The molecule has 0 bridgehead atoms. The SMILES string of the molecule is [2H]c1oc(C(=O)N2C([2H])([2H])CN(c3nc(N)c4cc(OC)c(OC)cc4n3)CC2([2H])[2H])c([2H])c1[2H]. The minimum Gasteiger partial charge on any atom is -0.493 e. The molecule has 0 unspecified atom stereocenters. The van der Waals surface area contributed by atoms with Crippen LogP contribution in [-0.2, 0) is 0 Å². The van der Waals surface area contributed by atoms with Crippen molar-refractivity contribution in [3.8, 4) is 11.5 Å². The van der Waals surface area contributed by atoms with Gasteiger partial charge in [-0.05, 0) is 18.2 Å². The molecule has 28 heavy (non-hydrogen) atoms. The maximum absolute atomic E-state index is 13.0.